The molecule has 0 radical (unpaired) electrons. The van der Waals surface area contributed by atoms with Crippen LogP contribution >= 0.6 is 22.6 Å². The van der Waals surface area contributed by atoms with Crippen LogP contribution in [-0.4, -0.2) is 136 Å². The molecule has 0 aliphatic carbocycles. The molecule has 3 saturated heterocycles. The molecule has 3 aliphatic rings. The number of rotatable bonds is 7. The lowest BCUT2D eigenvalue weighted by atomic mass is 9.74. The molecule has 3 N–H and O–H groups in total. The van der Waals surface area contributed by atoms with Crippen LogP contribution in [0.5, 0.6) is 0 Å². The lowest BCUT2D eigenvalue weighted by Crippen LogP contribution is -2.60. The van der Waals surface area contributed by atoms with Crippen molar-refractivity contribution in [1.82, 2.24) is 4.90 Å². The maximum absolute atomic E-state index is 14.0. The second kappa shape index (κ2) is 17.3. The number of ketones is 1. The van der Waals surface area contributed by atoms with Gasteiger partial charge < -0.3 is 53.4 Å². The zero-order valence-corrected chi connectivity index (χ0v) is 34.4. The molecule has 0 spiro atoms. The minimum Gasteiger partial charge on any atom is -0.448 e. The Bertz CT molecular complexity index is 1140. The van der Waals surface area contributed by atoms with Gasteiger partial charge in [-0.2, -0.15) is 0 Å². The van der Waals surface area contributed by atoms with Gasteiger partial charge in [-0.1, -0.05) is 20.8 Å². The number of carbonyl (C=O) groups excluding carboxylic acids is 2. The van der Waals surface area contributed by atoms with E-state index in [2.05, 4.69) is 4.90 Å². The van der Waals surface area contributed by atoms with Crippen molar-refractivity contribution in [2.75, 3.05) is 28.3 Å². The number of alkyl halides is 1. The number of cyclic esters (lactones) is 1. The lowest BCUT2D eigenvalue weighted by molar-refractivity contribution is -0.309. The summed E-state index contributed by atoms with van der Waals surface area (Å²) in [5, 5.41) is 33.6. The van der Waals surface area contributed by atoms with E-state index in [4.69, 9.17) is 33.2 Å². The Hall–Kier alpha value is -0.530. The summed E-state index contributed by atoms with van der Waals surface area (Å²) in [6.07, 6.45) is -4.64. The van der Waals surface area contributed by atoms with Gasteiger partial charge >= 0.3 is 5.97 Å². The topological polar surface area (TPSA) is 163 Å². The van der Waals surface area contributed by atoms with Gasteiger partial charge in [0, 0.05) is 50.9 Å². The second-order valence-electron chi connectivity index (χ2n) is 15.9. The van der Waals surface area contributed by atoms with Gasteiger partial charge in [-0.25, -0.2) is 0 Å². The first-order valence-corrected chi connectivity index (χ1v) is 19.1. The molecule has 3 aliphatic heterocycles. The maximum atomic E-state index is 14.0. The Balaban J connectivity index is 2.17. The number of hydrogen-bond donors (Lipinski definition) is 3. The van der Waals surface area contributed by atoms with E-state index in [0.29, 0.717) is 6.42 Å². The van der Waals surface area contributed by atoms with E-state index in [9.17, 15) is 24.9 Å². The average molecular weight is 830 g/mol. The number of carbonyl (C=O) groups is 2. The van der Waals surface area contributed by atoms with Crippen LogP contribution in [0.25, 0.3) is 0 Å². The summed E-state index contributed by atoms with van der Waals surface area (Å²) in [6.45, 7) is 15.7. The van der Waals surface area contributed by atoms with Crippen molar-refractivity contribution in [1.29, 1.82) is 0 Å². The number of esters is 1. The van der Waals surface area contributed by atoms with Gasteiger partial charge in [-0.05, 0) is 91.1 Å². The lowest BCUT2D eigenvalue weighted by Gasteiger charge is -2.49. The van der Waals surface area contributed by atoms with Crippen LogP contribution in [-0.2, 0) is 42.7 Å². The highest BCUT2D eigenvalue weighted by molar-refractivity contribution is 14.1. The predicted molar refractivity (Wildman–Crippen MR) is 193 cm³/mol. The number of nitrogens with zero attached hydrogens (tertiary/aromatic N) is 1. The van der Waals surface area contributed by atoms with Crippen LogP contribution in [0.3, 0.4) is 0 Å². The van der Waals surface area contributed by atoms with Crippen molar-refractivity contribution in [2.24, 2.45) is 23.7 Å². The standard InChI is InChI=1S/C36H64INO12/c1-18-16-35(8,45-13)31(49-25-15-24(38(10)11)14-19(2)46-25)21(4)28(48-26-17-34(7,44-12)30(41)23(6)47-26)22(5)32(42)50-33(37)36(9,43)29(40)20(3)27(18)39/h18-26,28-31,33,40-41,43H,14-17H2,1-13H3/t18-,19-,20+,21+,22-,23+,24+,25+,26+,28+,29-,30+,31-,33+,34-,35-,36+/m1/s1. The van der Waals surface area contributed by atoms with Crippen molar-refractivity contribution >= 4 is 34.3 Å². The van der Waals surface area contributed by atoms with Crippen molar-refractivity contribution in [2.45, 2.75) is 164 Å². The fourth-order valence-corrected chi connectivity index (χ4v) is 8.56. The van der Waals surface area contributed by atoms with Crippen LogP contribution in [0.15, 0.2) is 0 Å². The Labute approximate surface area is 312 Å². The van der Waals surface area contributed by atoms with Gasteiger partial charge in [0.2, 0.25) is 0 Å². The first kappa shape index (κ1) is 43.9. The number of aliphatic hydroxyl groups excluding tert-OH is 2. The molecule has 292 valence electrons. The van der Waals surface area contributed by atoms with Crippen molar-refractivity contribution in [3.05, 3.63) is 0 Å². The first-order chi connectivity index (χ1) is 23.0. The average Bonchev–Trinajstić information content (AvgIpc) is 3.05. The van der Waals surface area contributed by atoms with Gasteiger partial charge in [0.1, 0.15) is 17.5 Å². The summed E-state index contributed by atoms with van der Waals surface area (Å²) in [7, 11) is 7.13. The number of aliphatic hydroxyl groups is 3. The molecule has 0 bridgehead atoms. The minimum atomic E-state index is -1.96. The Morgan fingerprint density at radius 2 is 1.42 bits per heavy atom. The number of hydrogen-bond acceptors (Lipinski definition) is 13. The summed E-state index contributed by atoms with van der Waals surface area (Å²) in [5.41, 5.74) is -4.07. The highest BCUT2D eigenvalue weighted by atomic mass is 127. The van der Waals surface area contributed by atoms with E-state index in [1.165, 1.54) is 14.0 Å². The Morgan fingerprint density at radius 1 is 0.820 bits per heavy atom. The summed E-state index contributed by atoms with van der Waals surface area (Å²) >= 11 is 1.78. The third-order valence-corrected chi connectivity index (χ3v) is 13.1. The Kier molecular flexibility index (Phi) is 15.2. The minimum absolute atomic E-state index is 0.0868. The molecule has 13 nitrogen and oxygen atoms in total. The zero-order valence-electron chi connectivity index (χ0n) is 32.3. The SMILES string of the molecule is CO[C@]1(C)C[C@@H](C)C(=O)[C@H](C)[C@@H](O)[C@](C)(O)[C@@H](I)OC(=O)[C@H](C)[C@@H](O[C@H]2C[C@@](C)(OC)[C@@H](O)[C@H](C)O2)[C@H](C)[C@H]1O[C@H]1C[C@@H](N(C)C)C[C@@H](C)O1. The van der Waals surface area contributed by atoms with E-state index in [1.54, 1.807) is 64.3 Å². The summed E-state index contributed by atoms with van der Waals surface area (Å²) in [6, 6.07) is 0.193. The molecular formula is C36H64INO12. The summed E-state index contributed by atoms with van der Waals surface area (Å²) in [4.78, 5) is 30.0. The third-order valence-electron chi connectivity index (χ3n) is 11.6. The fraction of sp³-hybridized carbons (Fsp3) is 0.944. The molecule has 0 saturated carbocycles. The maximum Gasteiger partial charge on any atom is 0.312 e. The fourth-order valence-electron chi connectivity index (χ4n) is 7.94. The first-order valence-electron chi connectivity index (χ1n) is 17.9. The molecule has 3 heterocycles. The Morgan fingerprint density at radius 3 is 1.98 bits per heavy atom. The predicted octanol–water partition coefficient (Wildman–Crippen LogP) is 3.45. The number of ether oxygens (including phenoxy) is 7. The van der Waals surface area contributed by atoms with Crippen LogP contribution in [0.1, 0.15) is 88.0 Å². The molecule has 50 heavy (non-hydrogen) atoms. The van der Waals surface area contributed by atoms with Crippen LogP contribution in [0.2, 0.25) is 0 Å². The van der Waals surface area contributed by atoms with Crippen LogP contribution in [0.4, 0.5) is 0 Å². The van der Waals surface area contributed by atoms with Crippen LogP contribution < -0.4 is 0 Å². The van der Waals surface area contributed by atoms with Crippen molar-refractivity contribution in [3.63, 3.8) is 0 Å². The zero-order chi connectivity index (χ0) is 38.1. The second-order valence-corrected chi connectivity index (χ2v) is 17.1. The van der Waals surface area contributed by atoms with Crippen LogP contribution in [0, 0.1) is 23.7 Å². The molecule has 0 amide bonds. The molecule has 0 aromatic rings. The molecule has 17 atom stereocenters. The normalized spacial score (nSPS) is 49.0. The van der Waals surface area contributed by atoms with Gasteiger partial charge in [0.15, 0.2) is 16.7 Å². The number of halogens is 1. The van der Waals surface area contributed by atoms with Gasteiger partial charge in [0.25, 0.3) is 0 Å². The molecule has 3 rings (SSSR count). The number of Topliss-reactive ketones (excluding diaryl/α,β-unsaturated/α-hetero) is 1. The van der Waals surface area contributed by atoms with Gasteiger partial charge in [0.05, 0.1) is 47.6 Å². The third kappa shape index (κ3) is 9.57. The van der Waals surface area contributed by atoms with E-state index < -0.39 is 93.7 Å². The molecule has 0 aromatic carbocycles. The van der Waals surface area contributed by atoms with E-state index in [1.807, 2.05) is 34.9 Å². The van der Waals surface area contributed by atoms with Crippen molar-refractivity contribution in [3.8, 4) is 0 Å². The molecule has 0 unspecified atom stereocenters. The summed E-state index contributed by atoms with van der Waals surface area (Å²) in [5.74, 6) is -4.11. The molecular weight excluding hydrogens is 765 g/mol. The highest BCUT2D eigenvalue weighted by Crippen LogP contribution is 2.42. The quantitative estimate of drug-likeness (QED) is 0.195. The molecule has 3 fully saturated rings. The highest BCUT2D eigenvalue weighted by Gasteiger charge is 2.53. The number of methoxy groups -OCH3 is 2. The van der Waals surface area contributed by atoms with Gasteiger partial charge in [-0.15, -0.1) is 0 Å². The van der Waals surface area contributed by atoms with Gasteiger partial charge in [-0.3, -0.25) is 9.59 Å². The largest absolute Gasteiger partial charge is 0.448 e. The van der Waals surface area contributed by atoms with Crippen molar-refractivity contribution < 1.29 is 58.1 Å². The van der Waals surface area contributed by atoms with E-state index in [0.717, 1.165) is 6.42 Å². The summed E-state index contributed by atoms with van der Waals surface area (Å²) < 4.78 is 42.8. The monoisotopic (exact) mass is 829 g/mol. The molecule has 14 heteroatoms. The van der Waals surface area contributed by atoms with E-state index in [-0.39, 0.29) is 30.8 Å². The molecule has 0 aromatic heterocycles. The smallest absolute Gasteiger partial charge is 0.312 e. The van der Waals surface area contributed by atoms with E-state index >= 15 is 0 Å².